The molecule has 0 radical (unpaired) electrons. The first-order valence-electron chi connectivity index (χ1n) is 9.65. The number of rotatable bonds is 4. The number of carbonyl (C=O) groups excluding carboxylic acids is 2. The van der Waals surface area contributed by atoms with Gasteiger partial charge in [0.1, 0.15) is 0 Å². The number of carbonyl (C=O) groups is 2. The van der Waals surface area contributed by atoms with E-state index in [1.165, 1.54) is 0 Å². The molecule has 1 heterocycles. The van der Waals surface area contributed by atoms with Crippen molar-refractivity contribution in [1.29, 1.82) is 0 Å². The van der Waals surface area contributed by atoms with E-state index < -0.39 is 5.60 Å². The summed E-state index contributed by atoms with van der Waals surface area (Å²) in [7, 11) is 0. The second kappa shape index (κ2) is 8.44. The molecule has 0 unspecified atom stereocenters. The fourth-order valence-corrected chi connectivity index (χ4v) is 3.39. The Morgan fingerprint density at radius 2 is 1.75 bits per heavy atom. The molecule has 28 heavy (non-hydrogen) atoms. The van der Waals surface area contributed by atoms with Crippen LogP contribution in [0, 0.1) is 6.92 Å². The molecule has 0 aromatic heterocycles. The van der Waals surface area contributed by atoms with Crippen molar-refractivity contribution < 1.29 is 14.7 Å². The highest BCUT2D eigenvalue weighted by atomic mass is 16.3. The molecule has 1 aliphatic rings. The van der Waals surface area contributed by atoms with E-state index in [1.807, 2.05) is 49.4 Å². The quantitative estimate of drug-likeness (QED) is 0.752. The second-order valence-electron chi connectivity index (χ2n) is 7.25. The molecule has 0 bridgehead atoms. The standard InChI is InChI=1S/C22H27N3O3/c1-3-20(26)24-19-15-18(10-9-16(19)2)23-21(27)25-13-11-22(28,12-14-25)17-7-5-4-6-8-17/h4-10,15,28H,3,11-14H2,1-2H3,(H,23,27)(H,24,26). The van der Waals surface area contributed by atoms with Gasteiger partial charge in [-0.05, 0) is 43.0 Å². The Morgan fingerprint density at radius 1 is 1.07 bits per heavy atom. The Hall–Kier alpha value is -2.86. The average Bonchev–Trinajstić information content (AvgIpc) is 2.71. The molecule has 1 fully saturated rings. The molecule has 3 rings (SSSR count). The van der Waals surface area contributed by atoms with E-state index in [9.17, 15) is 14.7 Å². The number of nitrogens with zero attached hydrogens (tertiary/aromatic N) is 1. The Balaban J connectivity index is 1.62. The number of anilines is 2. The van der Waals surface area contributed by atoms with Crippen molar-refractivity contribution in [3.05, 3.63) is 59.7 Å². The highest BCUT2D eigenvalue weighted by Crippen LogP contribution is 2.32. The summed E-state index contributed by atoms with van der Waals surface area (Å²) in [6, 6.07) is 14.9. The van der Waals surface area contributed by atoms with Gasteiger partial charge in [-0.2, -0.15) is 0 Å². The van der Waals surface area contributed by atoms with Crippen LogP contribution in [0.5, 0.6) is 0 Å². The number of aryl methyl sites for hydroxylation is 1. The molecular formula is C22H27N3O3. The van der Waals surface area contributed by atoms with Gasteiger partial charge < -0.3 is 20.6 Å². The van der Waals surface area contributed by atoms with Crippen LogP contribution in [0.15, 0.2) is 48.5 Å². The third kappa shape index (κ3) is 4.51. The van der Waals surface area contributed by atoms with Gasteiger partial charge in [-0.25, -0.2) is 4.79 Å². The third-order valence-electron chi connectivity index (χ3n) is 5.27. The molecule has 1 aliphatic heterocycles. The van der Waals surface area contributed by atoms with E-state index >= 15 is 0 Å². The Kier molecular flexibility index (Phi) is 5.99. The number of hydrogen-bond donors (Lipinski definition) is 3. The predicted molar refractivity (Wildman–Crippen MR) is 110 cm³/mol. The van der Waals surface area contributed by atoms with Crippen molar-refractivity contribution in [2.45, 2.75) is 38.7 Å². The monoisotopic (exact) mass is 381 g/mol. The maximum absolute atomic E-state index is 12.6. The van der Waals surface area contributed by atoms with Gasteiger partial charge in [0.15, 0.2) is 0 Å². The summed E-state index contributed by atoms with van der Waals surface area (Å²) in [5.41, 5.74) is 2.27. The molecule has 2 aromatic rings. The van der Waals surface area contributed by atoms with Gasteiger partial charge in [0.05, 0.1) is 5.60 Å². The van der Waals surface area contributed by atoms with Crippen LogP contribution in [-0.2, 0) is 10.4 Å². The van der Waals surface area contributed by atoms with Crippen molar-refractivity contribution in [3.8, 4) is 0 Å². The molecule has 0 spiro atoms. The lowest BCUT2D eigenvalue weighted by Crippen LogP contribution is -2.46. The average molecular weight is 381 g/mol. The second-order valence-corrected chi connectivity index (χ2v) is 7.25. The van der Waals surface area contributed by atoms with Gasteiger partial charge in [-0.15, -0.1) is 0 Å². The number of benzene rings is 2. The van der Waals surface area contributed by atoms with Crippen LogP contribution in [0.2, 0.25) is 0 Å². The van der Waals surface area contributed by atoms with Crippen LogP contribution in [0.25, 0.3) is 0 Å². The first kappa shape index (κ1) is 19.9. The van der Waals surface area contributed by atoms with Crippen molar-refractivity contribution in [2.75, 3.05) is 23.7 Å². The summed E-state index contributed by atoms with van der Waals surface area (Å²) >= 11 is 0. The number of aliphatic hydroxyl groups is 1. The van der Waals surface area contributed by atoms with Gasteiger partial charge in [0.2, 0.25) is 5.91 Å². The Labute approximate surface area is 165 Å². The van der Waals surface area contributed by atoms with Crippen molar-refractivity contribution in [3.63, 3.8) is 0 Å². The van der Waals surface area contributed by atoms with Gasteiger partial charge in [-0.3, -0.25) is 4.79 Å². The number of amides is 3. The molecule has 0 atom stereocenters. The van der Waals surface area contributed by atoms with Crippen molar-refractivity contribution in [2.24, 2.45) is 0 Å². The summed E-state index contributed by atoms with van der Waals surface area (Å²) in [4.78, 5) is 26.0. The normalized spacial score (nSPS) is 15.8. The molecule has 6 heteroatoms. The molecule has 2 aromatic carbocycles. The SMILES string of the molecule is CCC(=O)Nc1cc(NC(=O)N2CCC(O)(c3ccccc3)CC2)ccc1C. The number of hydrogen-bond acceptors (Lipinski definition) is 3. The van der Waals surface area contributed by atoms with Gasteiger partial charge in [-0.1, -0.05) is 43.3 Å². The Morgan fingerprint density at radius 3 is 2.39 bits per heavy atom. The summed E-state index contributed by atoms with van der Waals surface area (Å²) in [6.07, 6.45) is 1.39. The van der Waals surface area contributed by atoms with Crippen LogP contribution < -0.4 is 10.6 Å². The Bertz CT molecular complexity index is 843. The third-order valence-corrected chi connectivity index (χ3v) is 5.27. The highest BCUT2D eigenvalue weighted by molar-refractivity contribution is 5.94. The number of piperidine rings is 1. The van der Waals surface area contributed by atoms with Gasteiger partial charge >= 0.3 is 6.03 Å². The van der Waals surface area contributed by atoms with E-state index in [4.69, 9.17) is 0 Å². The molecule has 0 saturated carbocycles. The van der Waals surface area contributed by atoms with Crippen LogP contribution in [-0.4, -0.2) is 35.0 Å². The largest absolute Gasteiger partial charge is 0.385 e. The van der Waals surface area contributed by atoms with E-state index in [0.29, 0.717) is 43.7 Å². The molecule has 3 N–H and O–H groups in total. The van der Waals surface area contributed by atoms with Gasteiger partial charge in [0.25, 0.3) is 0 Å². The lowest BCUT2D eigenvalue weighted by molar-refractivity contribution is -0.115. The van der Waals surface area contributed by atoms with E-state index in [-0.39, 0.29) is 11.9 Å². The van der Waals surface area contributed by atoms with E-state index in [2.05, 4.69) is 10.6 Å². The fourth-order valence-electron chi connectivity index (χ4n) is 3.39. The molecule has 0 aliphatic carbocycles. The van der Waals surface area contributed by atoms with Gasteiger partial charge in [0, 0.05) is 30.9 Å². The number of nitrogens with one attached hydrogen (secondary N) is 2. The molecule has 1 saturated heterocycles. The van der Waals surface area contributed by atoms with Crippen molar-refractivity contribution >= 4 is 23.3 Å². The molecule has 3 amide bonds. The maximum atomic E-state index is 12.6. The molecule has 148 valence electrons. The first-order valence-corrected chi connectivity index (χ1v) is 9.65. The predicted octanol–water partition coefficient (Wildman–Crippen LogP) is 3.86. The number of urea groups is 1. The fraction of sp³-hybridized carbons (Fsp3) is 0.364. The minimum absolute atomic E-state index is 0.0668. The van der Waals surface area contributed by atoms with E-state index in [1.54, 1.807) is 17.9 Å². The zero-order valence-corrected chi connectivity index (χ0v) is 16.4. The summed E-state index contributed by atoms with van der Waals surface area (Å²) in [5.74, 6) is -0.0668. The van der Waals surface area contributed by atoms with Crippen LogP contribution in [0.4, 0.5) is 16.2 Å². The minimum Gasteiger partial charge on any atom is -0.385 e. The minimum atomic E-state index is -0.889. The summed E-state index contributed by atoms with van der Waals surface area (Å²) < 4.78 is 0. The molecular weight excluding hydrogens is 354 g/mol. The van der Waals surface area contributed by atoms with Crippen molar-refractivity contribution in [1.82, 2.24) is 4.90 Å². The van der Waals surface area contributed by atoms with Crippen LogP contribution in [0.1, 0.15) is 37.3 Å². The zero-order chi connectivity index (χ0) is 20.1. The smallest absolute Gasteiger partial charge is 0.321 e. The lowest BCUT2D eigenvalue weighted by atomic mass is 9.84. The zero-order valence-electron chi connectivity index (χ0n) is 16.4. The maximum Gasteiger partial charge on any atom is 0.321 e. The lowest BCUT2D eigenvalue weighted by Gasteiger charge is -2.38. The van der Waals surface area contributed by atoms with Crippen LogP contribution >= 0.6 is 0 Å². The summed E-state index contributed by atoms with van der Waals surface area (Å²) in [5, 5.41) is 16.6. The van der Waals surface area contributed by atoms with Crippen LogP contribution in [0.3, 0.4) is 0 Å². The first-order chi connectivity index (χ1) is 13.4. The van der Waals surface area contributed by atoms with E-state index in [0.717, 1.165) is 11.1 Å². The highest BCUT2D eigenvalue weighted by Gasteiger charge is 2.35. The number of likely N-dealkylation sites (tertiary alicyclic amines) is 1. The molecule has 6 nitrogen and oxygen atoms in total. The summed E-state index contributed by atoms with van der Waals surface area (Å²) in [6.45, 7) is 4.65. The topological polar surface area (TPSA) is 81.7 Å².